The molecule has 3 rings (SSSR count). The Morgan fingerprint density at radius 2 is 2.11 bits per heavy atom. The van der Waals surface area contributed by atoms with Gasteiger partial charge in [-0.2, -0.15) is 5.10 Å². The maximum atomic E-state index is 4.16. The van der Waals surface area contributed by atoms with E-state index in [1.54, 1.807) is 22.7 Å². The zero-order valence-electron chi connectivity index (χ0n) is 10.6. The van der Waals surface area contributed by atoms with Gasteiger partial charge in [-0.25, -0.2) is 0 Å². The molecule has 0 aliphatic carbocycles. The molecule has 0 saturated carbocycles. The van der Waals surface area contributed by atoms with Gasteiger partial charge in [-0.3, -0.25) is 5.10 Å². The van der Waals surface area contributed by atoms with Crippen LogP contribution in [0.3, 0.4) is 0 Å². The van der Waals surface area contributed by atoms with Crippen molar-refractivity contribution in [2.75, 3.05) is 0 Å². The largest absolute Gasteiger partial charge is 0.305 e. The van der Waals surface area contributed by atoms with Crippen LogP contribution in [0.25, 0.3) is 10.6 Å². The first-order valence-corrected chi connectivity index (χ1v) is 7.93. The molecule has 3 nitrogen and oxygen atoms in total. The Morgan fingerprint density at radius 3 is 2.84 bits per heavy atom. The van der Waals surface area contributed by atoms with E-state index in [-0.39, 0.29) is 0 Å². The lowest BCUT2D eigenvalue weighted by atomic mass is 10.2. The third-order valence-corrected chi connectivity index (χ3v) is 5.00. The summed E-state index contributed by atoms with van der Waals surface area (Å²) in [5.74, 6) is 0. The van der Waals surface area contributed by atoms with Crippen molar-refractivity contribution in [1.29, 1.82) is 0 Å². The number of aromatic nitrogens is 2. The van der Waals surface area contributed by atoms with E-state index in [0.29, 0.717) is 6.04 Å². The molecular weight excluding hydrogens is 274 g/mol. The van der Waals surface area contributed by atoms with Gasteiger partial charge < -0.3 is 5.32 Å². The van der Waals surface area contributed by atoms with Crippen LogP contribution in [0.5, 0.6) is 0 Å². The Labute approximate surface area is 120 Å². The molecule has 0 aliphatic heterocycles. The summed E-state index contributed by atoms with van der Waals surface area (Å²) in [7, 11) is 0. The number of aromatic amines is 1. The number of nitrogens with zero attached hydrogens (tertiary/aromatic N) is 1. The summed E-state index contributed by atoms with van der Waals surface area (Å²) in [6, 6.07) is 8.80. The molecule has 0 spiro atoms. The van der Waals surface area contributed by atoms with Gasteiger partial charge in [-0.05, 0) is 29.8 Å². The summed E-state index contributed by atoms with van der Waals surface area (Å²) < 4.78 is 0. The Balaban J connectivity index is 1.70. The first-order valence-electron chi connectivity index (χ1n) is 6.17. The molecular formula is C14H15N3S2. The van der Waals surface area contributed by atoms with Gasteiger partial charge >= 0.3 is 0 Å². The van der Waals surface area contributed by atoms with Crippen LogP contribution < -0.4 is 5.32 Å². The molecule has 3 aromatic rings. The number of thiophene rings is 2. The Hall–Kier alpha value is -1.43. The van der Waals surface area contributed by atoms with Crippen LogP contribution in [-0.4, -0.2) is 10.2 Å². The molecule has 0 unspecified atom stereocenters. The quantitative estimate of drug-likeness (QED) is 0.744. The van der Waals surface area contributed by atoms with Crippen molar-refractivity contribution in [2.24, 2.45) is 0 Å². The topological polar surface area (TPSA) is 40.7 Å². The normalized spacial score (nSPS) is 12.7. The van der Waals surface area contributed by atoms with E-state index in [9.17, 15) is 0 Å². The number of hydrogen-bond donors (Lipinski definition) is 2. The zero-order chi connectivity index (χ0) is 13.1. The number of hydrogen-bond acceptors (Lipinski definition) is 4. The Morgan fingerprint density at radius 1 is 1.26 bits per heavy atom. The fourth-order valence-corrected chi connectivity index (χ4v) is 3.49. The van der Waals surface area contributed by atoms with Crippen molar-refractivity contribution in [3.05, 3.63) is 51.7 Å². The average molecular weight is 289 g/mol. The van der Waals surface area contributed by atoms with Gasteiger partial charge in [0, 0.05) is 23.0 Å². The minimum absolute atomic E-state index is 0.367. The SMILES string of the molecule is C[C@@H](NCc1cn[nH]c1-c1cccs1)c1cccs1. The Bertz CT molecular complexity index is 611. The van der Waals surface area contributed by atoms with Gasteiger partial charge in [0.1, 0.15) is 0 Å². The third-order valence-electron chi connectivity index (χ3n) is 3.05. The minimum Gasteiger partial charge on any atom is -0.305 e. The lowest BCUT2D eigenvalue weighted by molar-refractivity contribution is 0.583. The van der Waals surface area contributed by atoms with Gasteiger partial charge in [0.05, 0.1) is 16.8 Å². The van der Waals surface area contributed by atoms with Gasteiger partial charge in [-0.1, -0.05) is 12.1 Å². The molecule has 0 radical (unpaired) electrons. The highest BCUT2D eigenvalue weighted by atomic mass is 32.1. The monoisotopic (exact) mass is 289 g/mol. The van der Waals surface area contributed by atoms with Crippen LogP contribution in [0.4, 0.5) is 0 Å². The van der Waals surface area contributed by atoms with E-state index < -0.39 is 0 Å². The third kappa shape index (κ3) is 2.78. The predicted molar refractivity (Wildman–Crippen MR) is 81.5 cm³/mol. The molecule has 5 heteroatoms. The van der Waals surface area contributed by atoms with E-state index in [1.165, 1.54) is 15.3 Å². The highest BCUT2D eigenvalue weighted by Gasteiger charge is 2.11. The van der Waals surface area contributed by atoms with Crippen LogP contribution in [0.1, 0.15) is 23.4 Å². The lowest BCUT2D eigenvalue weighted by Gasteiger charge is -2.11. The molecule has 0 amide bonds. The Kier molecular flexibility index (Phi) is 3.77. The number of H-pyrrole nitrogens is 1. The smallest absolute Gasteiger partial charge is 0.0794 e. The second-order valence-corrected chi connectivity index (χ2v) is 6.29. The van der Waals surface area contributed by atoms with Gasteiger partial charge in [0.2, 0.25) is 0 Å². The summed E-state index contributed by atoms with van der Waals surface area (Å²) in [5.41, 5.74) is 2.34. The van der Waals surface area contributed by atoms with Crippen molar-refractivity contribution in [3.8, 4) is 10.6 Å². The minimum atomic E-state index is 0.367. The van der Waals surface area contributed by atoms with Crippen molar-refractivity contribution in [1.82, 2.24) is 15.5 Å². The highest BCUT2D eigenvalue weighted by Crippen LogP contribution is 2.26. The maximum Gasteiger partial charge on any atom is 0.0794 e. The molecule has 0 bridgehead atoms. The van der Waals surface area contributed by atoms with Gasteiger partial charge in [-0.15, -0.1) is 22.7 Å². The first kappa shape index (κ1) is 12.6. The van der Waals surface area contributed by atoms with Crippen molar-refractivity contribution in [2.45, 2.75) is 19.5 Å². The number of rotatable bonds is 5. The molecule has 0 saturated heterocycles. The summed E-state index contributed by atoms with van der Waals surface area (Å²) in [4.78, 5) is 2.60. The van der Waals surface area contributed by atoms with Crippen LogP contribution in [0.15, 0.2) is 41.2 Å². The molecule has 3 heterocycles. The van der Waals surface area contributed by atoms with Crippen molar-refractivity contribution >= 4 is 22.7 Å². The highest BCUT2D eigenvalue weighted by molar-refractivity contribution is 7.13. The predicted octanol–water partition coefficient (Wildman–Crippen LogP) is 4.05. The van der Waals surface area contributed by atoms with E-state index in [1.807, 2.05) is 6.20 Å². The standard InChI is InChI=1S/C14H15N3S2/c1-10(12-4-2-6-18-12)15-8-11-9-16-17-14(11)13-5-3-7-19-13/h2-7,9-10,15H,8H2,1H3,(H,16,17)/t10-/m1/s1. The van der Waals surface area contributed by atoms with Crippen molar-refractivity contribution < 1.29 is 0 Å². The average Bonchev–Trinajstić information content (AvgIpc) is 3.14. The molecule has 1 atom stereocenters. The fraction of sp³-hybridized carbons (Fsp3) is 0.214. The molecule has 0 aliphatic rings. The van der Waals surface area contributed by atoms with E-state index in [4.69, 9.17) is 0 Å². The van der Waals surface area contributed by atoms with E-state index in [2.05, 4.69) is 57.5 Å². The van der Waals surface area contributed by atoms with Crippen LogP contribution in [-0.2, 0) is 6.54 Å². The fourth-order valence-electron chi connectivity index (χ4n) is 1.98. The molecule has 98 valence electrons. The molecule has 3 aromatic heterocycles. The lowest BCUT2D eigenvalue weighted by Crippen LogP contribution is -2.17. The molecule has 0 aromatic carbocycles. The summed E-state index contributed by atoms with van der Waals surface area (Å²) in [6.07, 6.45) is 1.91. The zero-order valence-corrected chi connectivity index (χ0v) is 12.2. The summed E-state index contributed by atoms with van der Waals surface area (Å²) in [5, 5.41) is 15.0. The number of nitrogens with one attached hydrogen (secondary N) is 2. The molecule has 2 N–H and O–H groups in total. The second kappa shape index (κ2) is 5.69. The first-order chi connectivity index (χ1) is 9.34. The maximum absolute atomic E-state index is 4.16. The molecule has 0 fully saturated rings. The van der Waals surface area contributed by atoms with Gasteiger partial charge in [0.25, 0.3) is 0 Å². The second-order valence-electron chi connectivity index (χ2n) is 4.37. The van der Waals surface area contributed by atoms with Crippen LogP contribution in [0, 0.1) is 0 Å². The summed E-state index contributed by atoms with van der Waals surface area (Å²) in [6.45, 7) is 3.01. The molecule has 19 heavy (non-hydrogen) atoms. The van der Waals surface area contributed by atoms with E-state index >= 15 is 0 Å². The van der Waals surface area contributed by atoms with E-state index in [0.717, 1.165) is 12.2 Å². The van der Waals surface area contributed by atoms with Crippen LogP contribution >= 0.6 is 22.7 Å². The summed E-state index contributed by atoms with van der Waals surface area (Å²) >= 11 is 3.52. The van der Waals surface area contributed by atoms with Crippen molar-refractivity contribution in [3.63, 3.8) is 0 Å². The van der Waals surface area contributed by atoms with Crippen LogP contribution in [0.2, 0.25) is 0 Å². The van der Waals surface area contributed by atoms with Gasteiger partial charge in [0.15, 0.2) is 0 Å².